The van der Waals surface area contributed by atoms with Gasteiger partial charge < -0.3 is 9.64 Å². The Morgan fingerprint density at radius 3 is 2.81 bits per heavy atom. The Balaban J connectivity index is 1.29. The number of aryl methyl sites for hydroxylation is 2. The van der Waals surface area contributed by atoms with Crippen molar-refractivity contribution in [2.75, 3.05) is 19.7 Å². The summed E-state index contributed by atoms with van der Waals surface area (Å²) in [6.07, 6.45) is 5.35. The minimum absolute atomic E-state index is 0.0142. The van der Waals surface area contributed by atoms with Gasteiger partial charge in [-0.15, -0.1) is 5.10 Å². The number of amides is 1. The molecule has 3 aromatic heterocycles. The summed E-state index contributed by atoms with van der Waals surface area (Å²) in [6.45, 7) is 4.02. The van der Waals surface area contributed by atoms with E-state index in [1.54, 1.807) is 21.6 Å². The molecular weight excluding hydrogens is 332 g/mol. The van der Waals surface area contributed by atoms with Crippen LogP contribution < -0.4 is 4.74 Å². The molecule has 0 N–H and O–H groups in total. The molecule has 1 aliphatic heterocycles. The van der Waals surface area contributed by atoms with Crippen molar-refractivity contribution in [3.8, 4) is 5.88 Å². The smallest absolute Gasteiger partial charge is 0.274 e. The topological polar surface area (TPSA) is 77.6 Å². The van der Waals surface area contributed by atoms with Crippen LogP contribution in [-0.2, 0) is 7.05 Å². The van der Waals surface area contributed by atoms with Gasteiger partial charge in [0.2, 0.25) is 5.88 Å². The second kappa shape index (κ2) is 6.78. The second-order valence-corrected chi connectivity index (χ2v) is 6.74. The average molecular weight is 354 g/mol. The van der Waals surface area contributed by atoms with Crippen LogP contribution in [0, 0.1) is 12.8 Å². The van der Waals surface area contributed by atoms with E-state index in [-0.39, 0.29) is 5.91 Å². The van der Waals surface area contributed by atoms with Gasteiger partial charge in [0, 0.05) is 44.3 Å². The molecule has 8 heteroatoms. The molecule has 0 aromatic carbocycles. The van der Waals surface area contributed by atoms with E-state index in [0.717, 1.165) is 37.3 Å². The lowest BCUT2D eigenvalue weighted by atomic mass is 9.97. The van der Waals surface area contributed by atoms with Crippen molar-refractivity contribution >= 4 is 11.6 Å². The molecule has 3 aromatic rings. The number of aromatic nitrogens is 5. The minimum Gasteiger partial charge on any atom is -0.476 e. The van der Waals surface area contributed by atoms with Crippen LogP contribution >= 0.6 is 0 Å². The van der Waals surface area contributed by atoms with Gasteiger partial charge in [-0.2, -0.15) is 5.10 Å². The maximum absolute atomic E-state index is 12.6. The number of imidazole rings is 1. The number of likely N-dealkylation sites (tertiary alicyclic amines) is 1. The van der Waals surface area contributed by atoms with E-state index in [4.69, 9.17) is 4.74 Å². The molecule has 1 saturated heterocycles. The first kappa shape index (κ1) is 16.6. The highest BCUT2D eigenvalue weighted by Crippen LogP contribution is 2.20. The number of fused-ring (bicyclic) bond motifs is 1. The fourth-order valence-electron chi connectivity index (χ4n) is 3.21. The molecule has 0 atom stereocenters. The molecule has 4 heterocycles. The van der Waals surface area contributed by atoms with Crippen molar-refractivity contribution in [1.82, 2.24) is 29.3 Å². The van der Waals surface area contributed by atoms with Crippen molar-refractivity contribution in [2.45, 2.75) is 19.8 Å². The van der Waals surface area contributed by atoms with E-state index < -0.39 is 0 Å². The molecule has 26 heavy (non-hydrogen) atoms. The first-order valence-corrected chi connectivity index (χ1v) is 8.83. The standard InChI is InChI=1S/C18H22N6O2/c1-13-11-15(20-22(13)2)18(25)23-8-5-14(6-9-23)12-26-17-4-3-16-19-7-10-24(16)21-17/h3-4,7,10-11,14H,5-6,8-9,12H2,1-2H3. The Labute approximate surface area is 151 Å². The van der Waals surface area contributed by atoms with Gasteiger partial charge in [-0.1, -0.05) is 0 Å². The van der Waals surface area contributed by atoms with Crippen LogP contribution in [-0.4, -0.2) is 54.9 Å². The van der Waals surface area contributed by atoms with Crippen LogP contribution in [0.15, 0.2) is 30.6 Å². The molecule has 0 unspecified atom stereocenters. The molecule has 0 radical (unpaired) electrons. The zero-order valence-electron chi connectivity index (χ0n) is 15.0. The van der Waals surface area contributed by atoms with Crippen LogP contribution in [0.3, 0.4) is 0 Å². The molecule has 0 spiro atoms. The first-order valence-electron chi connectivity index (χ1n) is 8.83. The van der Waals surface area contributed by atoms with Gasteiger partial charge in [-0.25, -0.2) is 9.50 Å². The number of piperidine rings is 1. The highest BCUT2D eigenvalue weighted by molar-refractivity contribution is 5.92. The largest absolute Gasteiger partial charge is 0.476 e. The predicted molar refractivity (Wildman–Crippen MR) is 95.1 cm³/mol. The van der Waals surface area contributed by atoms with Crippen LogP contribution in [0.25, 0.3) is 5.65 Å². The summed E-state index contributed by atoms with van der Waals surface area (Å²) in [6, 6.07) is 5.57. The fraction of sp³-hybridized carbons (Fsp3) is 0.444. The minimum atomic E-state index is 0.0142. The third-order valence-electron chi connectivity index (χ3n) is 4.93. The maximum atomic E-state index is 12.6. The van der Waals surface area contributed by atoms with Crippen molar-refractivity contribution in [3.63, 3.8) is 0 Å². The lowest BCUT2D eigenvalue weighted by Gasteiger charge is -2.31. The fourth-order valence-corrected chi connectivity index (χ4v) is 3.21. The van der Waals surface area contributed by atoms with E-state index in [9.17, 15) is 4.79 Å². The van der Waals surface area contributed by atoms with Gasteiger partial charge in [0.15, 0.2) is 11.3 Å². The van der Waals surface area contributed by atoms with E-state index >= 15 is 0 Å². The van der Waals surface area contributed by atoms with Gasteiger partial charge in [-0.3, -0.25) is 9.48 Å². The van der Waals surface area contributed by atoms with E-state index in [1.165, 1.54) is 0 Å². The Hall–Kier alpha value is -2.90. The summed E-state index contributed by atoms with van der Waals surface area (Å²) in [5.41, 5.74) is 2.31. The van der Waals surface area contributed by atoms with E-state index in [2.05, 4.69) is 15.2 Å². The molecule has 4 rings (SSSR count). The molecule has 0 saturated carbocycles. The summed E-state index contributed by atoms with van der Waals surface area (Å²) in [4.78, 5) is 18.6. The Bertz CT molecular complexity index is 903. The average Bonchev–Trinajstić information content (AvgIpc) is 3.26. The highest BCUT2D eigenvalue weighted by Gasteiger charge is 2.25. The Kier molecular flexibility index (Phi) is 4.32. The summed E-state index contributed by atoms with van der Waals surface area (Å²) < 4.78 is 9.28. The summed E-state index contributed by atoms with van der Waals surface area (Å²) >= 11 is 0. The first-order chi connectivity index (χ1) is 12.6. The normalized spacial score (nSPS) is 15.5. The summed E-state index contributed by atoms with van der Waals surface area (Å²) in [7, 11) is 1.85. The van der Waals surface area contributed by atoms with Gasteiger partial charge in [0.1, 0.15) is 0 Å². The van der Waals surface area contributed by atoms with Crippen molar-refractivity contribution < 1.29 is 9.53 Å². The molecule has 1 fully saturated rings. The lowest BCUT2D eigenvalue weighted by molar-refractivity contribution is 0.0652. The third-order valence-corrected chi connectivity index (χ3v) is 4.93. The zero-order valence-corrected chi connectivity index (χ0v) is 15.0. The SMILES string of the molecule is Cc1cc(C(=O)N2CCC(COc3ccc4nccn4n3)CC2)nn1C. The monoisotopic (exact) mass is 354 g/mol. The predicted octanol–water partition coefficient (Wildman–Crippen LogP) is 1.70. The zero-order chi connectivity index (χ0) is 18.1. The van der Waals surface area contributed by atoms with Gasteiger partial charge >= 0.3 is 0 Å². The molecule has 1 aliphatic rings. The molecule has 8 nitrogen and oxygen atoms in total. The van der Waals surface area contributed by atoms with Crippen molar-refractivity contribution in [2.24, 2.45) is 13.0 Å². The van der Waals surface area contributed by atoms with Crippen LogP contribution in [0.1, 0.15) is 29.0 Å². The maximum Gasteiger partial charge on any atom is 0.274 e. The number of hydrogen-bond donors (Lipinski definition) is 0. The molecule has 136 valence electrons. The number of carbonyl (C=O) groups is 1. The lowest BCUT2D eigenvalue weighted by Crippen LogP contribution is -2.40. The molecule has 0 aliphatic carbocycles. The Morgan fingerprint density at radius 1 is 1.27 bits per heavy atom. The van der Waals surface area contributed by atoms with Crippen molar-refractivity contribution in [1.29, 1.82) is 0 Å². The van der Waals surface area contributed by atoms with E-state index in [0.29, 0.717) is 24.1 Å². The molecule has 0 bridgehead atoms. The number of ether oxygens (including phenoxy) is 1. The number of carbonyl (C=O) groups excluding carboxylic acids is 1. The summed E-state index contributed by atoms with van der Waals surface area (Å²) in [5.74, 6) is 1.03. The van der Waals surface area contributed by atoms with Crippen LogP contribution in [0.2, 0.25) is 0 Å². The van der Waals surface area contributed by atoms with E-state index in [1.807, 2.05) is 37.1 Å². The number of rotatable bonds is 4. The van der Waals surface area contributed by atoms with Gasteiger partial charge in [0.25, 0.3) is 5.91 Å². The summed E-state index contributed by atoms with van der Waals surface area (Å²) in [5, 5.41) is 8.66. The van der Waals surface area contributed by atoms with Gasteiger partial charge in [0.05, 0.1) is 6.61 Å². The highest BCUT2D eigenvalue weighted by atomic mass is 16.5. The van der Waals surface area contributed by atoms with Crippen LogP contribution in [0.4, 0.5) is 0 Å². The Morgan fingerprint density at radius 2 is 2.08 bits per heavy atom. The third kappa shape index (κ3) is 3.26. The van der Waals surface area contributed by atoms with Crippen LogP contribution in [0.5, 0.6) is 5.88 Å². The van der Waals surface area contributed by atoms with Gasteiger partial charge in [-0.05, 0) is 37.8 Å². The number of hydrogen-bond acceptors (Lipinski definition) is 5. The molecule has 1 amide bonds. The quantitative estimate of drug-likeness (QED) is 0.713. The number of nitrogens with zero attached hydrogens (tertiary/aromatic N) is 6. The molecular formula is C18H22N6O2. The second-order valence-electron chi connectivity index (χ2n) is 6.74. The van der Waals surface area contributed by atoms with Crippen molar-refractivity contribution in [3.05, 3.63) is 42.0 Å².